The molecule has 1 aliphatic rings. The van der Waals surface area contributed by atoms with Gasteiger partial charge in [-0.05, 0) is 52.4 Å². The van der Waals surface area contributed by atoms with Gasteiger partial charge in [-0.2, -0.15) is 0 Å². The molecule has 94 valence electrons. The van der Waals surface area contributed by atoms with Crippen LogP contribution in [0.4, 0.5) is 0 Å². The molecule has 1 atom stereocenters. The van der Waals surface area contributed by atoms with Gasteiger partial charge >= 0.3 is 0 Å². The number of rotatable bonds is 2. The van der Waals surface area contributed by atoms with Crippen LogP contribution in [-0.2, 0) is 18.4 Å². The zero-order valence-electron chi connectivity index (χ0n) is 10.2. The summed E-state index contributed by atoms with van der Waals surface area (Å²) in [6.07, 6.45) is 4.39. The highest BCUT2D eigenvalue weighted by Crippen LogP contribution is 2.37. The molecular formula is C15H16BrNS. The van der Waals surface area contributed by atoms with E-state index in [1.807, 2.05) is 0 Å². The Morgan fingerprint density at radius 1 is 1.33 bits per heavy atom. The third-order valence-corrected chi connectivity index (χ3v) is 5.43. The SMILES string of the molecule is NC1(Cc2cc(Br)cs2)CCCc2ccccc21. The van der Waals surface area contributed by atoms with Crippen molar-refractivity contribution in [3.8, 4) is 0 Å². The van der Waals surface area contributed by atoms with E-state index < -0.39 is 0 Å². The van der Waals surface area contributed by atoms with Crippen LogP contribution in [0, 0.1) is 0 Å². The summed E-state index contributed by atoms with van der Waals surface area (Å²) in [6, 6.07) is 10.8. The van der Waals surface area contributed by atoms with Gasteiger partial charge in [0.1, 0.15) is 0 Å². The fraction of sp³-hybridized carbons (Fsp3) is 0.333. The van der Waals surface area contributed by atoms with Crippen LogP contribution in [-0.4, -0.2) is 0 Å². The van der Waals surface area contributed by atoms with Crippen molar-refractivity contribution in [3.63, 3.8) is 0 Å². The summed E-state index contributed by atoms with van der Waals surface area (Å²) < 4.78 is 1.16. The van der Waals surface area contributed by atoms with Gasteiger partial charge in [0.25, 0.3) is 0 Å². The number of aryl methyl sites for hydroxylation is 1. The van der Waals surface area contributed by atoms with Gasteiger partial charge in [-0.25, -0.2) is 0 Å². The van der Waals surface area contributed by atoms with Crippen molar-refractivity contribution >= 4 is 27.3 Å². The molecule has 3 rings (SSSR count). The molecule has 1 aliphatic carbocycles. The maximum atomic E-state index is 6.70. The van der Waals surface area contributed by atoms with E-state index in [0.717, 1.165) is 17.3 Å². The lowest BCUT2D eigenvalue weighted by Gasteiger charge is -2.35. The summed E-state index contributed by atoms with van der Waals surface area (Å²) in [4.78, 5) is 1.36. The predicted molar refractivity (Wildman–Crippen MR) is 81.0 cm³/mol. The number of hydrogen-bond donors (Lipinski definition) is 1. The van der Waals surface area contributed by atoms with Gasteiger partial charge in [0, 0.05) is 26.7 Å². The van der Waals surface area contributed by atoms with E-state index in [1.54, 1.807) is 11.3 Å². The normalized spacial score (nSPS) is 22.8. The molecule has 0 fully saturated rings. The van der Waals surface area contributed by atoms with Gasteiger partial charge in [-0.3, -0.25) is 0 Å². The minimum atomic E-state index is -0.181. The van der Waals surface area contributed by atoms with E-state index in [9.17, 15) is 0 Å². The third kappa shape index (κ3) is 2.27. The number of hydrogen-bond acceptors (Lipinski definition) is 2. The summed E-state index contributed by atoms with van der Waals surface area (Å²) in [6.45, 7) is 0. The molecule has 0 bridgehead atoms. The van der Waals surface area contributed by atoms with Crippen LogP contribution in [0.3, 0.4) is 0 Å². The number of nitrogens with two attached hydrogens (primary N) is 1. The van der Waals surface area contributed by atoms with E-state index in [4.69, 9.17) is 5.73 Å². The fourth-order valence-electron chi connectivity index (χ4n) is 2.89. The lowest BCUT2D eigenvalue weighted by Crippen LogP contribution is -2.41. The Morgan fingerprint density at radius 2 is 2.17 bits per heavy atom. The van der Waals surface area contributed by atoms with Crippen LogP contribution in [0.2, 0.25) is 0 Å². The summed E-state index contributed by atoms with van der Waals surface area (Å²) in [5, 5.41) is 2.13. The molecule has 0 saturated carbocycles. The molecule has 1 nitrogen and oxygen atoms in total. The number of benzene rings is 1. The highest BCUT2D eigenvalue weighted by molar-refractivity contribution is 9.10. The van der Waals surface area contributed by atoms with Crippen molar-refractivity contribution in [2.24, 2.45) is 5.73 Å². The van der Waals surface area contributed by atoms with Gasteiger partial charge in [0.15, 0.2) is 0 Å². The zero-order valence-corrected chi connectivity index (χ0v) is 12.6. The molecule has 0 radical (unpaired) electrons. The number of thiophene rings is 1. The van der Waals surface area contributed by atoms with Gasteiger partial charge in [-0.1, -0.05) is 24.3 Å². The monoisotopic (exact) mass is 321 g/mol. The maximum absolute atomic E-state index is 6.70. The molecule has 0 aliphatic heterocycles. The Hall–Kier alpha value is -0.640. The quantitative estimate of drug-likeness (QED) is 0.879. The average Bonchev–Trinajstić information content (AvgIpc) is 2.75. The Kier molecular flexibility index (Phi) is 3.31. The first-order valence-electron chi connectivity index (χ1n) is 6.28. The van der Waals surface area contributed by atoms with Crippen LogP contribution in [0.15, 0.2) is 40.2 Å². The lowest BCUT2D eigenvalue weighted by atomic mass is 9.75. The van der Waals surface area contributed by atoms with Gasteiger partial charge < -0.3 is 5.73 Å². The smallest absolute Gasteiger partial charge is 0.0461 e. The first-order valence-corrected chi connectivity index (χ1v) is 7.95. The summed E-state index contributed by atoms with van der Waals surface area (Å²) in [5.41, 5.74) is 9.30. The molecule has 0 spiro atoms. The fourth-order valence-corrected chi connectivity index (χ4v) is 4.47. The molecule has 0 amide bonds. The van der Waals surface area contributed by atoms with Crippen molar-refractivity contribution in [3.05, 3.63) is 56.2 Å². The molecule has 2 N–H and O–H groups in total. The molecule has 2 aromatic rings. The van der Waals surface area contributed by atoms with Crippen LogP contribution in [0.5, 0.6) is 0 Å². The highest BCUT2D eigenvalue weighted by Gasteiger charge is 2.32. The third-order valence-electron chi connectivity index (χ3n) is 3.73. The zero-order chi connectivity index (χ0) is 12.6. The van der Waals surface area contributed by atoms with Crippen LogP contribution in [0.1, 0.15) is 28.8 Å². The van der Waals surface area contributed by atoms with E-state index in [0.29, 0.717) is 0 Å². The molecule has 0 saturated heterocycles. The molecule has 1 heterocycles. The Bertz CT molecular complexity index is 563. The minimum absolute atomic E-state index is 0.181. The number of fused-ring (bicyclic) bond motifs is 1. The molecule has 1 aromatic heterocycles. The van der Waals surface area contributed by atoms with Gasteiger partial charge in [0.05, 0.1) is 0 Å². The molecular weight excluding hydrogens is 306 g/mol. The van der Waals surface area contributed by atoms with Crippen LogP contribution >= 0.6 is 27.3 Å². The Labute approximate surface area is 120 Å². The second-order valence-electron chi connectivity index (χ2n) is 5.07. The van der Waals surface area contributed by atoms with Crippen molar-refractivity contribution < 1.29 is 0 Å². The highest BCUT2D eigenvalue weighted by atomic mass is 79.9. The van der Waals surface area contributed by atoms with E-state index in [1.165, 1.54) is 28.8 Å². The van der Waals surface area contributed by atoms with Gasteiger partial charge in [-0.15, -0.1) is 11.3 Å². The topological polar surface area (TPSA) is 26.0 Å². The van der Waals surface area contributed by atoms with Crippen molar-refractivity contribution in [1.29, 1.82) is 0 Å². The predicted octanol–water partition coefficient (Wildman–Crippen LogP) is 4.24. The molecule has 3 heteroatoms. The minimum Gasteiger partial charge on any atom is -0.321 e. The van der Waals surface area contributed by atoms with Gasteiger partial charge in [0.2, 0.25) is 0 Å². The largest absolute Gasteiger partial charge is 0.321 e. The Morgan fingerprint density at radius 3 is 2.94 bits per heavy atom. The van der Waals surface area contributed by atoms with E-state index >= 15 is 0 Å². The standard InChI is InChI=1S/C15H16BrNS/c16-12-8-13(18-10-12)9-15(17)7-3-5-11-4-1-2-6-14(11)15/h1-2,4,6,8,10H,3,5,7,9,17H2. The summed E-state index contributed by atoms with van der Waals surface area (Å²) in [5.74, 6) is 0. The molecule has 1 unspecified atom stereocenters. The first-order chi connectivity index (χ1) is 8.67. The molecule has 1 aromatic carbocycles. The lowest BCUT2D eigenvalue weighted by molar-refractivity contribution is 0.372. The number of halogens is 1. The van der Waals surface area contributed by atoms with E-state index in [-0.39, 0.29) is 5.54 Å². The van der Waals surface area contributed by atoms with E-state index in [2.05, 4.69) is 51.6 Å². The average molecular weight is 322 g/mol. The Balaban J connectivity index is 1.95. The summed E-state index contributed by atoms with van der Waals surface area (Å²) in [7, 11) is 0. The van der Waals surface area contributed by atoms with Crippen molar-refractivity contribution in [2.75, 3.05) is 0 Å². The molecule has 18 heavy (non-hydrogen) atoms. The van der Waals surface area contributed by atoms with Crippen LogP contribution in [0.25, 0.3) is 0 Å². The second kappa shape index (κ2) is 4.80. The maximum Gasteiger partial charge on any atom is 0.0461 e. The second-order valence-corrected chi connectivity index (χ2v) is 6.99. The first kappa shape index (κ1) is 12.4. The van der Waals surface area contributed by atoms with Crippen LogP contribution < -0.4 is 5.73 Å². The van der Waals surface area contributed by atoms with Crippen molar-refractivity contribution in [2.45, 2.75) is 31.2 Å². The van der Waals surface area contributed by atoms with Crippen molar-refractivity contribution in [1.82, 2.24) is 0 Å². The summed E-state index contributed by atoms with van der Waals surface area (Å²) >= 11 is 5.31.